The maximum atomic E-state index is 3.80. The third-order valence-electron chi connectivity index (χ3n) is 5.36. The summed E-state index contributed by atoms with van der Waals surface area (Å²) in [6.45, 7) is 7.02. The maximum Gasteiger partial charge on any atom is 0.173 e. The number of hydrogen-bond acceptors (Lipinski definition) is 0. The van der Waals surface area contributed by atoms with Gasteiger partial charge in [0.25, 0.3) is 0 Å². The Balaban J connectivity index is 1.58. The van der Waals surface area contributed by atoms with Crippen LogP contribution in [-0.2, 0) is 13.0 Å². The number of benzene rings is 1. The summed E-state index contributed by atoms with van der Waals surface area (Å²) in [5, 5.41) is 0. The van der Waals surface area contributed by atoms with Crippen LogP contribution in [-0.4, -0.2) is 0 Å². The monoisotopic (exact) mass is 364 g/mol. The van der Waals surface area contributed by atoms with Gasteiger partial charge in [0.05, 0.1) is 0 Å². The molecule has 0 saturated carbocycles. The predicted octanol–water partition coefficient (Wildman–Crippen LogP) is 7.13. The van der Waals surface area contributed by atoms with Crippen LogP contribution in [0, 0.1) is 0 Å². The molecular formula is C26H38N+. The van der Waals surface area contributed by atoms with E-state index in [0.717, 1.165) is 12.1 Å². The summed E-state index contributed by atoms with van der Waals surface area (Å²) in [7, 11) is 0. The van der Waals surface area contributed by atoms with Gasteiger partial charge < -0.3 is 0 Å². The Morgan fingerprint density at radius 3 is 1.78 bits per heavy atom. The molecule has 2 aromatic rings. The van der Waals surface area contributed by atoms with Crippen LogP contribution in [0.15, 0.2) is 55.4 Å². The van der Waals surface area contributed by atoms with Gasteiger partial charge in [0.1, 0.15) is 0 Å². The number of rotatable bonds is 14. The van der Waals surface area contributed by atoms with E-state index in [4.69, 9.17) is 0 Å². The van der Waals surface area contributed by atoms with Gasteiger partial charge in [-0.15, -0.1) is 0 Å². The van der Waals surface area contributed by atoms with E-state index >= 15 is 0 Å². The van der Waals surface area contributed by atoms with Crippen LogP contribution < -0.4 is 4.57 Å². The number of aromatic nitrogens is 1. The van der Waals surface area contributed by atoms with Crippen LogP contribution in [0.25, 0.3) is 6.08 Å². The largest absolute Gasteiger partial charge is 0.201 e. The molecule has 1 heterocycles. The quantitative estimate of drug-likeness (QED) is 0.248. The zero-order valence-corrected chi connectivity index (χ0v) is 17.3. The van der Waals surface area contributed by atoms with Crippen molar-refractivity contribution in [2.24, 2.45) is 0 Å². The molecule has 0 atom stereocenters. The third-order valence-corrected chi connectivity index (χ3v) is 5.36. The summed E-state index contributed by atoms with van der Waals surface area (Å²) in [5.74, 6) is 0. The second-order valence-electron chi connectivity index (χ2n) is 7.76. The Kier molecular flexibility index (Phi) is 10.6. The van der Waals surface area contributed by atoms with Gasteiger partial charge in [0.15, 0.2) is 18.9 Å². The van der Waals surface area contributed by atoms with E-state index in [0.29, 0.717) is 0 Å². The minimum absolute atomic E-state index is 0.927. The molecule has 146 valence electrons. The standard InChI is InChI=1S/C26H38N/c1-3-5-6-7-8-9-10-11-12-13-14-25-15-17-26(18-16-25)23-27-21-19-24(4-2)20-22-27/h4,15-22H,2-3,5-14,23H2,1H3/q+1. The van der Waals surface area contributed by atoms with Crippen molar-refractivity contribution in [2.75, 3.05) is 0 Å². The maximum absolute atomic E-state index is 3.80. The van der Waals surface area contributed by atoms with E-state index < -0.39 is 0 Å². The van der Waals surface area contributed by atoms with Crippen molar-refractivity contribution in [3.8, 4) is 0 Å². The lowest BCUT2D eigenvalue weighted by Crippen LogP contribution is -2.33. The molecule has 0 unspecified atom stereocenters. The molecule has 0 aliphatic carbocycles. The number of hydrogen-bond donors (Lipinski definition) is 0. The molecule has 0 saturated heterocycles. The first kappa shape index (κ1) is 21.4. The van der Waals surface area contributed by atoms with Crippen molar-refractivity contribution in [2.45, 2.75) is 84.1 Å². The second-order valence-corrected chi connectivity index (χ2v) is 7.76. The molecule has 1 nitrogen and oxygen atoms in total. The van der Waals surface area contributed by atoms with Gasteiger partial charge in [-0.3, -0.25) is 0 Å². The second kappa shape index (κ2) is 13.3. The molecule has 1 aromatic carbocycles. The number of nitrogens with zero attached hydrogens (tertiary/aromatic N) is 1. The fraction of sp³-hybridized carbons (Fsp3) is 0.500. The van der Waals surface area contributed by atoms with Gasteiger partial charge in [-0.1, -0.05) is 102 Å². The van der Waals surface area contributed by atoms with E-state index in [1.807, 2.05) is 6.08 Å². The topological polar surface area (TPSA) is 3.88 Å². The van der Waals surface area contributed by atoms with Gasteiger partial charge in [-0.2, -0.15) is 0 Å². The minimum atomic E-state index is 0.927. The Morgan fingerprint density at radius 1 is 0.704 bits per heavy atom. The summed E-state index contributed by atoms with van der Waals surface area (Å²) >= 11 is 0. The average molecular weight is 365 g/mol. The molecule has 0 fully saturated rings. The molecule has 1 aromatic heterocycles. The van der Waals surface area contributed by atoms with Crippen LogP contribution in [0.1, 0.15) is 87.8 Å². The van der Waals surface area contributed by atoms with Crippen molar-refractivity contribution in [1.29, 1.82) is 0 Å². The Bertz CT molecular complexity index is 624. The van der Waals surface area contributed by atoms with E-state index in [2.05, 4.69) is 66.9 Å². The normalized spacial score (nSPS) is 10.9. The van der Waals surface area contributed by atoms with Crippen molar-refractivity contribution in [3.63, 3.8) is 0 Å². The molecule has 1 heteroatoms. The van der Waals surface area contributed by atoms with Crippen LogP contribution in [0.4, 0.5) is 0 Å². The molecule has 0 radical (unpaired) electrons. The Morgan fingerprint density at radius 2 is 1.22 bits per heavy atom. The van der Waals surface area contributed by atoms with Gasteiger partial charge in [-0.25, -0.2) is 4.57 Å². The number of pyridine rings is 1. The first-order valence-electron chi connectivity index (χ1n) is 11.0. The van der Waals surface area contributed by atoms with Crippen LogP contribution in [0.5, 0.6) is 0 Å². The summed E-state index contributed by atoms with van der Waals surface area (Å²) in [6, 6.07) is 13.4. The molecule has 0 bridgehead atoms. The predicted molar refractivity (Wildman–Crippen MR) is 118 cm³/mol. The fourth-order valence-corrected chi connectivity index (χ4v) is 3.55. The van der Waals surface area contributed by atoms with Crippen molar-refractivity contribution >= 4 is 6.08 Å². The van der Waals surface area contributed by atoms with Gasteiger partial charge in [0.2, 0.25) is 0 Å². The molecule has 0 N–H and O–H groups in total. The zero-order valence-electron chi connectivity index (χ0n) is 17.3. The zero-order chi connectivity index (χ0) is 19.2. The van der Waals surface area contributed by atoms with Crippen molar-refractivity contribution < 1.29 is 4.57 Å². The summed E-state index contributed by atoms with van der Waals surface area (Å²) in [6.07, 6.45) is 21.4. The summed E-state index contributed by atoms with van der Waals surface area (Å²) in [5.41, 5.74) is 4.00. The molecule has 27 heavy (non-hydrogen) atoms. The van der Waals surface area contributed by atoms with E-state index in [1.165, 1.54) is 81.8 Å². The molecule has 0 amide bonds. The van der Waals surface area contributed by atoms with Crippen LogP contribution >= 0.6 is 0 Å². The highest BCUT2D eigenvalue weighted by Gasteiger charge is 2.03. The van der Waals surface area contributed by atoms with E-state index in [9.17, 15) is 0 Å². The molecule has 0 spiro atoms. The SMILES string of the molecule is C=Cc1cc[n+](Cc2ccc(CCCCCCCCCCCC)cc2)cc1. The smallest absolute Gasteiger partial charge is 0.173 e. The summed E-state index contributed by atoms with van der Waals surface area (Å²) in [4.78, 5) is 0. The Hall–Kier alpha value is -1.89. The molecular weight excluding hydrogens is 326 g/mol. The van der Waals surface area contributed by atoms with Gasteiger partial charge in [-0.05, 0) is 24.0 Å². The minimum Gasteiger partial charge on any atom is -0.201 e. The van der Waals surface area contributed by atoms with Crippen molar-refractivity contribution in [3.05, 3.63) is 72.1 Å². The lowest BCUT2D eigenvalue weighted by atomic mass is 10.0. The lowest BCUT2D eigenvalue weighted by Gasteiger charge is -2.04. The highest BCUT2D eigenvalue weighted by molar-refractivity contribution is 5.44. The van der Waals surface area contributed by atoms with Crippen LogP contribution in [0.2, 0.25) is 0 Å². The highest BCUT2D eigenvalue weighted by atomic mass is 14.9. The average Bonchev–Trinajstić information content (AvgIpc) is 2.71. The third kappa shape index (κ3) is 9.04. The number of unbranched alkanes of at least 4 members (excludes halogenated alkanes) is 9. The van der Waals surface area contributed by atoms with E-state index in [1.54, 1.807) is 0 Å². The van der Waals surface area contributed by atoms with E-state index in [-0.39, 0.29) is 0 Å². The fourth-order valence-electron chi connectivity index (χ4n) is 3.55. The van der Waals surface area contributed by atoms with Gasteiger partial charge in [0, 0.05) is 17.7 Å². The van der Waals surface area contributed by atoms with Crippen LogP contribution in [0.3, 0.4) is 0 Å². The van der Waals surface area contributed by atoms with Crippen molar-refractivity contribution in [1.82, 2.24) is 0 Å². The summed E-state index contributed by atoms with van der Waals surface area (Å²) < 4.78 is 2.21. The molecule has 2 rings (SSSR count). The van der Waals surface area contributed by atoms with Gasteiger partial charge >= 0.3 is 0 Å². The lowest BCUT2D eigenvalue weighted by molar-refractivity contribution is -0.688. The first-order valence-corrected chi connectivity index (χ1v) is 11.0. The molecule has 0 aliphatic heterocycles. The Labute approximate surface area is 167 Å². The number of aryl methyl sites for hydroxylation is 1. The highest BCUT2D eigenvalue weighted by Crippen LogP contribution is 2.13. The molecule has 0 aliphatic rings. The first-order chi connectivity index (χ1) is 13.3.